The Morgan fingerprint density at radius 3 is 2.42 bits per heavy atom. The first-order valence-corrected chi connectivity index (χ1v) is 13.0. The van der Waals surface area contributed by atoms with Crippen molar-refractivity contribution >= 4 is 21.7 Å². The number of anilines is 1. The fraction of sp³-hybridized carbons (Fsp3) is 0.269. The molecule has 1 heterocycles. The average molecular weight is 554 g/mol. The van der Waals surface area contributed by atoms with E-state index in [1.165, 1.54) is 18.2 Å². The van der Waals surface area contributed by atoms with E-state index in [1.54, 1.807) is 0 Å². The van der Waals surface area contributed by atoms with Gasteiger partial charge in [-0.1, -0.05) is 12.1 Å². The molecule has 3 aromatic rings. The van der Waals surface area contributed by atoms with Crippen LogP contribution >= 0.6 is 0 Å². The predicted octanol–water partition coefficient (Wildman–Crippen LogP) is 5.72. The highest BCUT2D eigenvalue weighted by atomic mass is 32.2. The molecule has 12 heteroatoms. The van der Waals surface area contributed by atoms with Crippen molar-refractivity contribution in [1.82, 2.24) is 0 Å². The van der Waals surface area contributed by atoms with E-state index in [-0.39, 0.29) is 29.1 Å². The summed E-state index contributed by atoms with van der Waals surface area (Å²) in [5, 5.41) is 9.49. The number of alkyl halides is 3. The summed E-state index contributed by atoms with van der Waals surface area (Å²) < 4.78 is 103. The van der Waals surface area contributed by atoms with Gasteiger partial charge in [-0.05, 0) is 66.9 Å². The molecule has 1 N–H and O–H groups in total. The lowest BCUT2D eigenvalue weighted by Crippen LogP contribution is -2.52. The Morgan fingerprint density at radius 2 is 1.76 bits per heavy atom. The topological polar surface area (TPSA) is 83.9 Å². The normalized spacial score (nSPS) is 21.3. The summed E-state index contributed by atoms with van der Waals surface area (Å²) in [4.78, 5) is 11.0. The molecule has 0 unspecified atom stereocenters. The summed E-state index contributed by atoms with van der Waals surface area (Å²) in [6.07, 6.45) is -4.85. The summed E-state index contributed by atoms with van der Waals surface area (Å²) in [7, 11) is -4.63. The minimum Gasteiger partial charge on any atom is -0.486 e. The second kappa shape index (κ2) is 9.26. The number of nitrogens with zero attached hydrogens (tertiary/aromatic N) is 1. The number of halogens is 5. The lowest BCUT2D eigenvalue weighted by atomic mass is 9.70. The van der Waals surface area contributed by atoms with Crippen LogP contribution in [0.5, 0.6) is 5.75 Å². The monoisotopic (exact) mass is 553 g/mol. The van der Waals surface area contributed by atoms with Crippen molar-refractivity contribution in [2.24, 2.45) is 11.8 Å². The molecule has 3 aromatic carbocycles. The van der Waals surface area contributed by atoms with Crippen molar-refractivity contribution in [2.45, 2.75) is 30.0 Å². The molecule has 2 aliphatic rings. The molecule has 0 spiro atoms. The summed E-state index contributed by atoms with van der Waals surface area (Å²) in [5.41, 5.74) is -1.30. The highest BCUT2D eigenvalue weighted by Gasteiger charge is 2.47. The number of sulfonamides is 1. The Morgan fingerprint density at radius 1 is 1.00 bits per heavy atom. The number of carbonyl (C=O) groups is 1. The molecule has 1 saturated carbocycles. The maximum Gasteiger partial charge on any atom is 0.416 e. The number of hydrogen-bond acceptors (Lipinski definition) is 4. The molecule has 0 aromatic heterocycles. The van der Waals surface area contributed by atoms with Gasteiger partial charge >= 0.3 is 12.1 Å². The van der Waals surface area contributed by atoms with Crippen LogP contribution in [0.3, 0.4) is 0 Å². The lowest BCUT2D eigenvalue weighted by Gasteiger charge is -2.44. The zero-order valence-corrected chi connectivity index (χ0v) is 20.3. The van der Waals surface area contributed by atoms with Gasteiger partial charge in [-0.2, -0.15) is 13.2 Å². The van der Waals surface area contributed by atoms with Gasteiger partial charge in [0.2, 0.25) is 0 Å². The van der Waals surface area contributed by atoms with E-state index in [9.17, 15) is 40.3 Å². The van der Waals surface area contributed by atoms with E-state index in [0.717, 1.165) is 40.7 Å². The van der Waals surface area contributed by atoms with Crippen LogP contribution in [0.15, 0.2) is 65.6 Å². The highest BCUT2D eigenvalue weighted by Crippen LogP contribution is 2.46. The van der Waals surface area contributed by atoms with Crippen LogP contribution in [-0.2, 0) is 21.0 Å². The SMILES string of the molecule is O=C(O)[C@H]1CC[C@@H]1[C@H]1CN(S(=O)(=O)c2cccc(C(F)(F)F)c2)c2cc(-c3cc(F)ccc3F)ccc2O1. The van der Waals surface area contributed by atoms with Crippen molar-refractivity contribution in [1.29, 1.82) is 0 Å². The number of aliphatic carboxylic acids is 1. The quantitative estimate of drug-likeness (QED) is 0.409. The lowest BCUT2D eigenvalue weighted by molar-refractivity contribution is -0.150. The third-order valence-electron chi connectivity index (χ3n) is 6.96. The third-order valence-corrected chi connectivity index (χ3v) is 8.74. The molecule has 5 rings (SSSR count). The van der Waals surface area contributed by atoms with Crippen LogP contribution in [0.25, 0.3) is 11.1 Å². The van der Waals surface area contributed by atoms with Gasteiger partial charge in [-0.25, -0.2) is 17.2 Å². The zero-order valence-electron chi connectivity index (χ0n) is 19.5. The molecule has 200 valence electrons. The summed E-state index contributed by atoms with van der Waals surface area (Å²) in [5.74, 6) is -3.82. The average Bonchev–Trinajstić information content (AvgIpc) is 2.83. The largest absolute Gasteiger partial charge is 0.486 e. The van der Waals surface area contributed by atoms with E-state index < -0.39 is 62.2 Å². The minimum absolute atomic E-state index is 0.0217. The molecule has 3 atom stereocenters. The highest BCUT2D eigenvalue weighted by molar-refractivity contribution is 7.92. The van der Waals surface area contributed by atoms with Gasteiger partial charge in [0.25, 0.3) is 10.0 Å². The molecule has 38 heavy (non-hydrogen) atoms. The fourth-order valence-corrected chi connectivity index (χ4v) is 6.37. The summed E-state index contributed by atoms with van der Waals surface area (Å²) in [6, 6.07) is 10.0. The Labute approximate surface area is 214 Å². The van der Waals surface area contributed by atoms with Crippen molar-refractivity contribution in [3.63, 3.8) is 0 Å². The first-order chi connectivity index (χ1) is 17.9. The van der Waals surface area contributed by atoms with Crippen LogP contribution in [0.1, 0.15) is 18.4 Å². The number of benzene rings is 3. The molecule has 1 aliphatic carbocycles. The molecule has 0 amide bonds. The van der Waals surface area contributed by atoms with Gasteiger partial charge in [0, 0.05) is 11.5 Å². The van der Waals surface area contributed by atoms with Gasteiger partial charge in [0.05, 0.1) is 28.6 Å². The Balaban J connectivity index is 1.63. The number of carboxylic acids is 1. The van der Waals surface area contributed by atoms with Crippen LogP contribution in [0, 0.1) is 23.5 Å². The maximum atomic E-state index is 14.5. The molecule has 6 nitrogen and oxygen atoms in total. The number of hydrogen-bond donors (Lipinski definition) is 1. The summed E-state index contributed by atoms with van der Waals surface area (Å²) in [6.45, 7) is -0.380. The van der Waals surface area contributed by atoms with E-state index >= 15 is 0 Å². The maximum absolute atomic E-state index is 14.5. The van der Waals surface area contributed by atoms with Crippen LogP contribution < -0.4 is 9.04 Å². The van der Waals surface area contributed by atoms with Crippen LogP contribution in [0.4, 0.5) is 27.6 Å². The second-order valence-corrected chi connectivity index (χ2v) is 11.1. The number of fused-ring (bicyclic) bond motifs is 1. The van der Waals surface area contributed by atoms with Gasteiger partial charge in [0.1, 0.15) is 23.5 Å². The first-order valence-electron chi connectivity index (χ1n) is 11.5. The van der Waals surface area contributed by atoms with Gasteiger partial charge in [0.15, 0.2) is 0 Å². The van der Waals surface area contributed by atoms with Crippen LogP contribution in [-0.4, -0.2) is 32.1 Å². The van der Waals surface area contributed by atoms with E-state index in [1.807, 2.05) is 0 Å². The van der Waals surface area contributed by atoms with Crippen molar-refractivity contribution in [3.05, 3.63) is 77.9 Å². The first kappa shape index (κ1) is 26.0. The molecule has 0 radical (unpaired) electrons. The number of carboxylic acid groups (broad SMARTS) is 1. The minimum atomic E-state index is -4.79. The molecular weight excluding hydrogens is 533 g/mol. The number of rotatable bonds is 5. The molecular formula is C26H20F5NO5S. The predicted molar refractivity (Wildman–Crippen MR) is 126 cm³/mol. The van der Waals surface area contributed by atoms with Gasteiger partial charge in [-0.3, -0.25) is 9.10 Å². The fourth-order valence-electron chi connectivity index (χ4n) is 4.85. The molecule has 1 fully saturated rings. The molecule has 0 saturated heterocycles. The molecule has 0 bridgehead atoms. The van der Waals surface area contributed by atoms with Gasteiger partial charge in [-0.15, -0.1) is 0 Å². The van der Waals surface area contributed by atoms with E-state index in [0.29, 0.717) is 18.9 Å². The second-order valence-electron chi connectivity index (χ2n) is 9.21. The van der Waals surface area contributed by atoms with Crippen LogP contribution in [0.2, 0.25) is 0 Å². The summed E-state index contributed by atoms with van der Waals surface area (Å²) >= 11 is 0. The Bertz CT molecular complexity index is 1520. The Hall–Kier alpha value is -3.67. The molecule has 1 aliphatic heterocycles. The standard InChI is InChI=1S/C26H20F5NO5S/c27-16-5-8-21(28)20(12-16)14-4-9-23-22(10-14)32(13-24(37-23)18-6-7-19(18)25(33)34)38(35,36)17-3-1-2-15(11-17)26(29,30)31/h1-5,8-12,18-19,24H,6-7,13H2,(H,33,34)/t18-,19-,24+/m0/s1. The van der Waals surface area contributed by atoms with E-state index in [2.05, 4.69) is 0 Å². The number of ether oxygens (including phenoxy) is 1. The third kappa shape index (κ3) is 4.57. The van der Waals surface area contributed by atoms with Gasteiger partial charge < -0.3 is 9.84 Å². The van der Waals surface area contributed by atoms with Crippen molar-refractivity contribution in [3.8, 4) is 16.9 Å². The zero-order chi connectivity index (χ0) is 27.4. The Kier molecular flexibility index (Phi) is 6.33. The smallest absolute Gasteiger partial charge is 0.416 e. The van der Waals surface area contributed by atoms with E-state index in [4.69, 9.17) is 4.74 Å². The van der Waals surface area contributed by atoms with Crippen molar-refractivity contribution < 1.29 is 45.0 Å². The van der Waals surface area contributed by atoms with Crippen molar-refractivity contribution in [2.75, 3.05) is 10.8 Å².